The fourth-order valence-electron chi connectivity index (χ4n) is 5.34. The van der Waals surface area contributed by atoms with Crippen molar-refractivity contribution in [3.8, 4) is 0 Å². The molecule has 0 aliphatic carbocycles. The molecule has 0 bridgehead atoms. The van der Waals surface area contributed by atoms with E-state index >= 15 is 0 Å². The molecule has 0 amide bonds. The molecule has 0 saturated heterocycles. The molecular formula is C27H18ClF39Si. The fourth-order valence-corrected chi connectivity index (χ4v) is 10.7. The van der Waals surface area contributed by atoms with Crippen LogP contribution < -0.4 is 0 Å². The van der Waals surface area contributed by atoms with Gasteiger partial charge >= 0.3 is 107 Å². The second-order valence-corrected chi connectivity index (χ2v) is 19.7. The molecule has 68 heavy (non-hydrogen) atoms. The molecule has 0 atom stereocenters. The van der Waals surface area contributed by atoms with Gasteiger partial charge in [-0.05, 0) is 6.42 Å². The Labute approximate surface area is 354 Å². The zero-order valence-corrected chi connectivity index (χ0v) is 32.7. The number of alkyl halides is 40. The van der Waals surface area contributed by atoms with Gasteiger partial charge in [0.15, 0.2) is 0 Å². The normalized spacial score (nSPS) is 16.8. The number of hydrogen-bond donors (Lipinski definition) is 0. The van der Waals surface area contributed by atoms with Crippen LogP contribution in [0.15, 0.2) is 0 Å². The van der Waals surface area contributed by atoms with Crippen LogP contribution in [0.1, 0.15) is 25.7 Å². The van der Waals surface area contributed by atoms with Crippen LogP contribution in [0, 0.1) is 0 Å². The minimum Gasteiger partial charge on any atom is -0.200 e. The molecule has 0 saturated carbocycles. The molecule has 0 aromatic carbocycles. The van der Waals surface area contributed by atoms with Crippen LogP contribution in [0.25, 0.3) is 0 Å². The van der Waals surface area contributed by atoms with Gasteiger partial charge in [-0.3, -0.25) is 0 Å². The summed E-state index contributed by atoms with van der Waals surface area (Å²) < 4.78 is 533. The molecule has 0 aromatic rings. The highest BCUT2D eigenvalue weighted by Crippen LogP contribution is 2.65. The predicted molar refractivity (Wildman–Crippen MR) is 147 cm³/mol. The minimum atomic E-state index is -8.85. The van der Waals surface area contributed by atoms with Crippen LogP contribution in [0.4, 0.5) is 171 Å². The highest BCUT2D eigenvalue weighted by molar-refractivity contribution is 6.80. The molecule has 410 valence electrons. The Kier molecular flexibility index (Phi) is 17.5. The van der Waals surface area contributed by atoms with Crippen LogP contribution in [-0.2, 0) is 0 Å². The first-order chi connectivity index (χ1) is 28.9. The van der Waals surface area contributed by atoms with Gasteiger partial charge in [0.25, 0.3) is 0 Å². The fraction of sp³-hybridized carbons (Fsp3) is 1.00. The summed E-state index contributed by atoms with van der Waals surface area (Å²) in [6.07, 6.45) is -38.0. The average Bonchev–Trinajstić information content (AvgIpc) is 3.11. The Morgan fingerprint density at radius 1 is 0.221 bits per heavy atom. The highest BCUT2D eigenvalue weighted by Gasteiger charge is 2.93. The molecule has 0 nitrogen and oxygen atoms in total. The predicted octanol–water partition coefficient (Wildman–Crippen LogP) is 16.5. The van der Waals surface area contributed by atoms with Gasteiger partial charge in [0, 0.05) is 25.1 Å². The monoisotopic (exact) mass is 1150 g/mol. The average molecular weight is 1150 g/mol. The van der Waals surface area contributed by atoms with Crippen LogP contribution in [0.2, 0.25) is 24.2 Å². The molecule has 0 radical (unpaired) electrons. The summed E-state index contributed by atoms with van der Waals surface area (Å²) in [6.45, 7) is 0. The van der Waals surface area contributed by atoms with E-state index in [1.807, 2.05) is 0 Å². The molecule has 41 heteroatoms. The Morgan fingerprint density at radius 2 is 0.382 bits per heavy atom. The first kappa shape index (κ1) is 65.8. The zero-order chi connectivity index (χ0) is 55.9. The Hall–Kier alpha value is -2.22. The Morgan fingerprint density at radius 3 is 0.529 bits per heavy atom. The van der Waals surface area contributed by atoms with Crippen molar-refractivity contribution in [2.75, 3.05) is 5.88 Å². The van der Waals surface area contributed by atoms with Crippen molar-refractivity contribution in [3.63, 3.8) is 0 Å². The van der Waals surface area contributed by atoms with Crippen LogP contribution in [0.3, 0.4) is 0 Å². The van der Waals surface area contributed by atoms with Crippen molar-refractivity contribution in [1.29, 1.82) is 0 Å². The van der Waals surface area contributed by atoms with Gasteiger partial charge < -0.3 is 0 Å². The third-order valence-corrected chi connectivity index (χ3v) is 15.4. The van der Waals surface area contributed by atoms with E-state index in [-0.39, 0.29) is 0 Å². The summed E-state index contributed by atoms with van der Waals surface area (Å²) >= 11 is 5.05. The smallest absolute Gasteiger partial charge is 0.200 e. The lowest BCUT2D eigenvalue weighted by molar-refractivity contribution is -0.440. The van der Waals surface area contributed by atoms with E-state index in [1.165, 1.54) is 0 Å². The van der Waals surface area contributed by atoms with E-state index in [0.717, 1.165) is 0 Å². The lowest BCUT2D eigenvalue weighted by atomic mass is 9.93. The van der Waals surface area contributed by atoms with Crippen molar-refractivity contribution >= 4 is 19.7 Å². The molecular weight excluding hydrogens is 1130 g/mol. The first-order valence-electron chi connectivity index (χ1n) is 16.4. The number of rotatable bonds is 24. The second-order valence-electron chi connectivity index (χ2n) is 14.3. The lowest BCUT2D eigenvalue weighted by Gasteiger charge is -2.43. The summed E-state index contributed by atoms with van der Waals surface area (Å²) in [5, 5.41) is 0. The van der Waals surface area contributed by atoms with E-state index in [9.17, 15) is 171 Å². The third kappa shape index (κ3) is 9.97. The van der Waals surface area contributed by atoms with Crippen molar-refractivity contribution in [2.24, 2.45) is 0 Å². The second kappa shape index (κ2) is 18.1. The topological polar surface area (TPSA) is 0 Å². The van der Waals surface area contributed by atoms with Gasteiger partial charge in [-0.2, -0.15) is 171 Å². The molecule has 0 fully saturated rings. The molecule has 0 aromatic heterocycles. The number of halogens is 40. The maximum Gasteiger partial charge on any atom is 0.460 e. The summed E-state index contributed by atoms with van der Waals surface area (Å²) in [7, 11) is -6.70. The zero-order valence-electron chi connectivity index (χ0n) is 31.0. The van der Waals surface area contributed by atoms with Crippen molar-refractivity contribution < 1.29 is 171 Å². The number of hydrogen-bond acceptors (Lipinski definition) is 0. The standard InChI is InChI=1S/C27H18ClF39Si/c28-5-1-6-68(7-2-10(29,30)13(35,36)16(41,42)19(47,48)22(53,54)25(59,60)61,8-3-11(31,32)14(37,38)17(43,44)20(49,50)23(55,56)26(62,63)64)9-4-12(33,34)15(39,40)18(45,46)21(51,52)24(57,58)27(65,66)67/h1-9H2. The van der Waals surface area contributed by atoms with E-state index in [2.05, 4.69) is 0 Å². The lowest BCUT2D eigenvalue weighted by Crippen LogP contribution is -2.70. The summed E-state index contributed by atoms with van der Waals surface area (Å²) in [4.78, 5) is 0. The van der Waals surface area contributed by atoms with Gasteiger partial charge in [0.05, 0.1) is 8.07 Å². The van der Waals surface area contributed by atoms with Crippen LogP contribution in [-0.4, -0.2) is 121 Å². The quantitative estimate of drug-likeness (QED) is 0.0513. The first-order valence-corrected chi connectivity index (χ1v) is 19.7. The molecule has 0 N–H and O–H groups in total. The molecule has 0 unspecified atom stereocenters. The minimum absolute atomic E-state index is 1.47. The maximum absolute atomic E-state index is 14.8. The molecule has 0 spiro atoms. The molecule has 0 aliphatic rings. The summed E-state index contributed by atoms with van der Waals surface area (Å²) in [5.74, 6) is -129. The van der Waals surface area contributed by atoms with Gasteiger partial charge in [-0.25, -0.2) is 0 Å². The SMILES string of the molecule is FC(F)(F)C(F)(F)C(F)(F)C(F)(F)C(F)(F)C(F)(F)CC[Si](CCCCl)(CCC(F)(F)C(F)(F)C(F)(F)C(F)(F)C(F)(F)C(F)(F)F)CCC(F)(F)C(F)(F)C(F)(F)C(F)(F)C(F)(F)C(F)(F)F. The molecule has 0 aliphatic heterocycles. The summed E-state index contributed by atoms with van der Waals surface area (Å²) in [5.41, 5.74) is 0. The van der Waals surface area contributed by atoms with E-state index < -0.39 is 171 Å². The van der Waals surface area contributed by atoms with Crippen LogP contribution in [0.5, 0.6) is 0 Å². The van der Waals surface area contributed by atoms with E-state index in [0.29, 0.717) is 0 Å². The van der Waals surface area contributed by atoms with Gasteiger partial charge in [0.1, 0.15) is 0 Å². The highest BCUT2D eigenvalue weighted by atomic mass is 35.5. The maximum atomic E-state index is 14.8. The van der Waals surface area contributed by atoms with Gasteiger partial charge in [0.2, 0.25) is 0 Å². The third-order valence-electron chi connectivity index (χ3n) is 9.74. The van der Waals surface area contributed by atoms with E-state index in [1.54, 1.807) is 0 Å². The van der Waals surface area contributed by atoms with Gasteiger partial charge in [-0.15, -0.1) is 11.6 Å². The van der Waals surface area contributed by atoms with Crippen molar-refractivity contribution in [3.05, 3.63) is 0 Å². The molecule has 0 rings (SSSR count). The van der Waals surface area contributed by atoms with Crippen LogP contribution >= 0.6 is 11.6 Å². The Bertz CT molecular complexity index is 1510. The molecule has 0 heterocycles. The van der Waals surface area contributed by atoms with Crippen molar-refractivity contribution in [2.45, 2.75) is 157 Å². The van der Waals surface area contributed by atoms with Crippen molar-refractivity contribution in [1.82, 2.24) is 0 Å². The largest absolute Gasteiger partial charge is 0.460 e. The summed E-state index contributed by atoms with van der Waals surface area (Å²) in [6, 6.07) is -11.8. The van der Waals surface area contributed by atoms with Gasteiger partial charge in [-0.1, -0.05) is 24.2 Å². The van der Waals surface area contributed by atoms with E-state index in [4.69, 9.17) is 11.6 Å². The Balaban J connectivity index is 8.11.